The van der Waals surface area contributed by atoms with E-state index in [0.717, 1.165) is 36.0 Å². The minimum absolute atomic E-state index is 0.178. The van der Waals surface area contributed by atoms with Crippen LogP contribution in [0.3, 0.4) is 0 Å². The summed E-state index contributed by atoms with van der Waals surface area (Å²) < 4.78 is 14.2. The molecule has 0 spiro atoms. The lowest BCUT2D eigenvalue weighted by Crippen LogP contribution is -2.21. The fraction of sp³-hybridized carbons (Fsp3) is 0.333. The molecule has 3 heteroatoms. The largest absolute Gasteiger partial charge is 0.316 e. The van der Waals surface area contributed by atoms with Gasteiger partial charge in [0.25, 0.3) is 0 Å². The number of halogens is 2. The highest BCUT2D eigenvalue weighted by Crippen LogP contribution is 2.23. The van der Waals surface area contributed by atoms with Crippen molar-refractivity contribution in [1.82, 2.24) is 5.32 Å². The average molecular weight is 350 g/mol. The van der Waals surface area contributed by atoms with E-state index in [1.54, 1.807) is 6.07 Å². The standard InChI is InChI=1S/C18H21BrFN/c1-2-21-13-16(15-6-4-3-5-7-15)9-8-14-10-17(19)12-18(20)11-14/h3-7,10-12,16,21H,2,8-9,13H2,1H3. The van der Waals surface area contributed by atoms with Gasteiger partial charge in [-0.3, -0.25) is 0 Å². The van der Waals surface area contributed by atoms with Gasteiger partial charge >= 0.3 is 0 Å². The van der Waals surface area contributed by atoms with E-state index in [1.807, 2.05) is 12.1 Å². The molecule has 0 bridgehead atoms. The van der Waals surface area contributed by atoms with E-state index in [-0.39, 0.29) is 5.82 Å². The Balaban J connectivity index is 2.05. The first-order valence-corrected chi connectivity index (χ1v) is 8.19. The summed E-state index contributed by atoms with van der Waals surface area (Å²) in [5.41, 5.74) is 2.38. The van der Waals surface area contributed by atoms with Gasteiger partial charge in [-0.05, 0) is 54.6 Å². The van der Waals surface area contributed by atoms with Crippen molar-refractivity contribution in [2.24, 2.45) is 0 Å². The van der Waals surface area contributed by atoms with Gasteiger partial charge in [-0.15, -0.1) is 0 Å². The van der Waals surface area contributed by atoms with E-state index in [2.05, 4.69) is 52.4 Å². The molecule has 21 heavy (non-hydrogen) atoms. The van der Waals surface area contributed by atoms with Gasteiger partial charge in [-0.25, -0.2) is 4.39 Å². The molecule has 0 aliphatic heterocycles. The van der Waals surface area contributed by atoms with Crippen molar-refractivity contribution in [3.05, 3.63) is 69.9 Å². The third-order valence-corrected chi connectivity index (χ3v) is 4.07. The van der Waals surface area contributed by atoms with Crippen molar-refractivity contribution >= 4 is 15.9 Å². The molecule has 0 saturated carbocycles. The van der Waals surface area contributed by atoms with Crippen LogP contribution in [0.25, 0.3) is 0 Å². The molecular formula is C18H21BrFN. The fourth-order valence-electron chi connectivity index (χ4n) is 2.53. The predicted octanol–water partition coefficient (Wildman–Crippen LogP) is 4.91. The Morgan fingerprint density at radius 3 is 2.57 bits per heavy atom. The van der Waals surface area contributed by atoms with E-state index in [0.29, 0.717) is 5.92 Å². The van der Waals surface area contributed by atoms with Crippen LogP contribution in [0.1, 0.15) is 30.4 Å². The molecule has 0 amide bonds. The zero-order chi connectivity index (χ0) is 15.1. The predicted molar refractivity (Wildman–Crippen MR) is 90.1 cm³/mol. The maximum Gasteiger partial charge on any atom is 0.124 e. The van der Waals surface area contributed by atoms with Crippen molar-refractivity contribution in [3.8, 4) is 0 Å². The summed E-state index contributed by atoms with van der Waals surface area (Å²) in [4.78, 5) is 0. The Morgan fingerprint density at radius 1 is 1.14 bits per heavy atom. The first-order chi connectivity index (χ1) is 10.2. The molecule has 2 aromatic carbocycles. The molecule has 2 aromatic rings. The normalized spacial score (nSPS) is 12.3. The summed E-state index contributed by atoms with van der Waals surface area (Å²) in [7, 11) is 0. The third kappa shape index (κ3) is 5.25. The van der Waals surface area contributed by atoms with Gasteiger partial charge in [0.2, 0.25) is 0 Å². The van der Waals surface area contributed by atoms with Crippen LogP contribution in [0.2, 0.25) is 0 Å². The van der Waals surface area contributed by atoms with E-state index >= 15 is 0 Å². The van der Waals surface area contributed by atoms with Crippen LogP contribution in [0.4, 0.5) is 4.39 Å². The molecule has 0 aromatic heterocycles. The van der Waals surface area contributed by atoms with E-state index in [4.69, 9.17) is 0 Å². The molecule has 0 radical (unpaired) electrons. The maximum absolute atomic E-state index is 13.4. The molecule has 1 nitrogen and oxygen atoms in total. The zero-order valence-corrected chi connectivity index (χ0v) is 13.9. The Kier molecular flexibility index (Phi) is 6.40. The summed E-state index contributed by atoms with van der Waals surface area (Å²) in [5, 5.41) is 3.42. The number of rotatable bonds is 7. The van der Waals surface area contributed by atoms with Gasteiger partial charge in [-0.1, -0.05) is 53.2 Å². The second-order valence-corrected chi connectivity index (χ2v) is 6.15. The molecule has 1 unspecified atom stereocenters. The van der Waals surface area contributed by atoms with Crippen molar-refractivity contribution < 1.29 is 4.39 Å². The van der Waals surface area contributed by atoms with Gasteiger partial charge in [0, 0.05) is 11.0 Å². The number of hydrogen-bond acceptors (Lipinski definition) is 1. The fourth-order valence-corrected chi connectivity index (χ4v) is 3.04. The minimum atomic E-state index is -0.178. The molecule has 112 valence electrons. The second-order valence-electron chi connectivity index (χ2n) is 5.23. The number of nitrogens with one attached hydrogen (secondary N) is 1. The lowest BCUT2D eigenvalue weighted by Gasteiger charge is -2.18. The molecule has 0 aliphatic carbocycles. The number of hydrogen-bond donors (Lipinski definition) is 1. The molecular weight excluding hydrogens is 329 g/mol. The van der Waals surface area contributed by atoms with Gasteiger partial charge in [0.05, 0.1) is 0 Å². The van der Waals surface area contributed by atoms with Crippen LogP contribution in [-0.4, -0.2) is 13.1 Å². The molecule has 1 atom stereocenters. The maximum atomic E-state index is 13.4. The molecule has 1 N–H and O–H groups in total. The van der Waals surface area contributed by atoms with Crippen molar-refractivity contribution in [3.63, 3.8) is 0 Å². The highest BCUT2D eigenvalue weighted by molar-refractivity contribution is 9.10. The Hall–Kier alpha value is -1.19. The Bertz CT molecular complexity index is 536. The highest BCUT2D eigenvalue weighted by atomic mass is 79.9. The monoisotopic (exact) mass is 349 g/mol. The highest BCUT2D eigenvalue weighted by Gasteiger charge is 2.11. The summed E-state index contributed by atoms with van der Waals surface area (Å²) in [5.74, 6) is 0.274. The second kappa shape index (κ2) is 8.30. The van der Waals surface area contributed by atoms with Gasteiger partial charge in [0.1, 0.15) is 5.82 Å². The minimum Gasteiger partial charge on any atom is -0.316 e. The number of likely N-dealkylation sites (N-methyl/N-ethyl adjacent to an activating group) is 1. The SMILES string of the molecule is CCNCC(CCc1cc(F)cc(Br)c1)c1ccccc1. The Labute approximate surface area is 134 Å². The molecule has 0 aliphatic rings. The smallest absolute Gasteiger partial charge is 0.124 e. The molecule has 0 fully saturated rings. The quantitative estimate of drug-likeness (QED) is 0.748. The van der Waals surface area contributed by atoms with E-state index < -0.39 is 0 Å². The Morgan fingerprint density at radius 2 is 1.90 bits per heavy atom. The van der Waals surface area contributed by atoms with Gasteiger partial charge < -0.3 is 5.32 Å². The van der Waals surface area contributed by atoms with E-state index in [9.17, 15) is 4.39 Å². The molecule has 0 heterocycles. The molecule has 0 saturated heterocycles. The van der Waals surface area contributed by atoms with Crippen LogP contribution < -0.4 is 5.32 Å². The lowest BCUT2D eigenvalue weighted by atomic mass is 9.92. The van der Waals surface area contributed by atoms with Crippen molar-refractivity contribution in [2.45, 2.75) is 25.7 Å². The molecule has 2 rings (SSSR count). The van der Waals surface area contributed by atoms with Crippen molar-refractivity contribution in [1.29, 1.82) is 0 Å². The summed E-state index contributed by atoms with van der Waals surface area (Å²) >= 11 is 3.35. The van der Waals surface area contributed by atoms with Gasteiger partial charge in [0.15, 0.2) is 0 Å². The number of aryl methyl sites for hydroxylation is 1. The van der Waals surface area contributed by atoms with Crippen molar-refractivity contribution in [2.75, 3.05) is 13.1 Å². The zero-order valence-electron chi connectivity index (χ0n) is 12.3. The first-order valence-electron chi connectivity index (χ1n) is 7.39. The summed E-state index contributed by atoms with van der Waals surface area (Å²) in [6.45, 7) is 4.04. The third-order valence-electron chi connectivity index (χ3n) is 3.62. The average Bonchev–Trinajstić information content (AvgIpc) is 2.47. The van der Waals surface area contributed by atoms with Crippen LogP contribution in [0, 0.1) is 5.82 Å². The first kappa shape index (κ1) is 16.2. The van der Waals surface area contributed by atoms with Crippen LogP contribution in [0.15, 0.2) is 53.0 Å². The summed E-state index contributed by atoms with van der Waals surface area (Å²) in [6, 6.07) is 15.7. The lowest BCUT2D eigenvalue weighted by molar-refractivity contribution is 0.559. The van der Waals surface area contributed by atoms with Crippen LogP contribution >= 0.6 is 15.9 Å². The van der Waals surface area contributed by atoms with Crippen LogP contribution in [-0.2, 0) is 6.42 Å². The number of benzene rings is 2. The summed E-state index contributed by atoms with van der Waals surface area (Å²) in [6.07, 6.45) is 1.88. The topological polar surface area (TPSA) is 12.0 Å². The van der Waals surface area contributed by atoms with Gasteiger partial charge in [-0.2, -0.15) is 0 Å². The van der Waals surface area contributed by atoms with Crippen LogP contribution in [0.5, 0.6) is 0 Å². The van der Waals surface area contributed by atoms with E-state index in [1.165, 1.54) is 11.6 Å².